The van der Waals surface area contributed by atoms with Crippen LogP contribution in [0.1, 0.15) is 11.3 Å². The van der Waals surface area contributed by atoms with E-state index < -0.39 is 0 Å². The van der Waals surface area contributed by atoms with Crippen molar-refractivity contribution in [1.82, 2.24) is 15.0 Å². The molecule has 2 aromatic heterocycles. The molecule has 0 atom stereocenters. The highest BCUT2D eigenvalue weighted by atomic mass is 14.8. The predicted octanol–water partition coefficient (Wildman–Crippen LogP) is 3.31. The van der Waals surface area contributed by atoms with Gasteiger partial charge in [0.2, 0.25) is 0 Å². The second kappa shape index (κ2) is 4.18. The van der Waals surface area contributed by atoms with Crippen molar-refractivity contribution in [2.24, 2.45) is 0 Å². The summed E-state index contributed by atoms with van der Waals surface area (Å²) in [5.74, 6) is 0. The lowest BCUT2D eigenvalue weighted by molar-refractivity contribution is 1.17. The molecule has 0 aliphatic rings. The van der Waals surface area contributed by atoms with Gasteiger partial charge in [-0.3, -0.25) is 4.98 Å². The minimum absolute atomic E-state index is 0.840. The standard InChI is InChI=1S/C15H13N3/c1-10-5-3-4-6-12(10)15-11(2)17-14-9-16-8-7-13(14)18-15/h3-9H,1-2H3. The maximum Gasteiger partial charge on any atom is 0.107 e. The van der Waals surface area contributed by atoms with Gasteiger partial charge in [0.1, 0.15) is 5.52 Å². The number of benzene rings is 1. The molecule has 3 heteroatoms. The number of aromatic nitrogens is 3. The van der Waals surface area contributed by atoms with Crippen molar-refractivity contribution in [2.75, 3.05) is 0 Å². The lowest BCUT2D eigenvalue weighted by atomic mass is 10.0. The molecule has 0 saturated heterocycles. The average molecular weight is 235 g/mol. The van der Waals surface area contributed by atoms with E-state index in [4.69, 9.17) is 4.98 Å². The van der Waals surface area contributed by atoms with Gasteiger partial charge in [-0.15, -0.1) is 0 Å². The Hall–Kier alpha value is -2.29. The van der Waals surface area contributed by atoms with E-state index >= 15 is 0 Å². The summed E-state index contributed by atoms with van der Waals surface area (Å²) in [5, 5.41) is 0. The van der Waals surface area contributed by atoms with Crippen molar-refractivity contribution in [3.8, 4) is 11.3 Å². The minimum atomic E-state index is 0.840. The Morgan fingerprint density at radius 3 is 2.56 bits per heavy atom. The summed E-state index contributed by atoms with van der Waals surface area (Å²) in [6.07, 6.45) is 3.49. The number of fused-ring (bicyclic) bond motifs is 1. The number of aryl methyl sites for hydroxylation is 2. The summed E-state index contributed by atoms with van der Waals surface area (Å²) >= 11 is 0. The minimum Gasteiger partial charge on any atom is -0.262 e. The van der Waals surface area contributed by atoms with Gasteiger partial charge in [0.05, 0.1) is 23.1 Å². The van der Waals surface area contributed by atoms with Crippen molar-refractivity contribution in [3.63, 3.8) is 0 Å². The van der Waals surface area contributed by atoms with Crippen LogP contribution in [0, 0.1) is 13.8 Å². The first-order valence-electron chi connectivity index (χ1n) is 5.90. The summed E-state index contributed by atoms with van der Waals surface area (Å²) in [6.45, 7) is 4.08. The number of hydrogen-bond donors (Lipinski definition) is 0. The summed E-state index contributed by atoms with van der Waals surface area (Å²) < 4.78 is 0. The van der Waals surface area contributed by atoms with E-state index in [1.165, 1.54) is 5.56 Å². The van der Waals surface area contributed by atoms with Gasteiger partial charge in [0.15, 0.2) is 0 Å². The van der Waals surface area contributed by atoms with E-state index in [0.29, 0.717) is 0 Å². The predicted molar refractivity (Wildman–Crippen MR) is 72.2 cm³/mol. The van der Waals surface area contributed by atoms with Crippen LogP contribution in [0.25, 0.3) is 22.3 Å². The number of hydrogen-bond acceptors (Lipinski definition) is 3. The molecule has 0 radical (unpaired) electrons. The van der Waals surface area contributed by atoms with E-state index in [9.17, 15) is 0 Å². The maximum absolute atomic E-state index is 4.70. The van der Waals surface area contributed by atoms with Crippen LogP contribution in [0.3, 0.4) is 0 Å². The van der Waals surface area contributed by atoms with E-state index in [2.05, 4.69) is 29.0 Å². The Morgan fingerprint density at radius 1 is 0.889 bits per heavy atom. The largest absolute Gasteiger partial charge is 0.262 e. The van der Waals surface area contributed by atoms with Gasteiger partial charge in [-0.05, 0) is 25.5 Å². The van der Waals surface area contributed by atoms with Crippen molar-refractivity contribution >= 4 is 11.0 Å². The van der Waals surface area contributed by atoms with Gasteiger partial charge in [-0.2, -0.15) is 0 Å². The highest BCUT2D eigenvalue weighted by Crippen LogP contribution is 2.25. The Kier molecular flexibility index (Phi) is 2.52. The number of nitrogens with zero attached hydrogens (tertiary/aromatic N) is 3. The van der Waals surface area contributed by atoms with Gasteiger partial charge in [0, 0.05) is 11.8 Å². The molecule has 0 fully saturated rings. The van der Waals surface area contributed by atoms with E-state index in [1.54, 1.807) is 12.4 Å². The molecule has 0 unspecified atom stereocenters. The molecule has 0 amide bonds. The summed E-state index contributed by atoms with van der Waals surface area (Å²) in [4.78, 5) is 13.3. The fourth-order valence-electron chi connectivity index (χ4n) is 2.09. The quantitative estimate of drug-likeness (QED) is 0.649. The van der Waals surface area contributed by atoms with Crippen LogP contribution in [0.15, 0.2) is 42.7 Å². The Balaban J connectivity index is 2.30. The third kappa shape index (κ3) is 1.74. The maximum atomic E-state index is 4.70. The molecule has 18 heavy (non-hydrogen) atoms. The van der Waals surface area contributed by atoms with Gasteiger partial charge in [-0.1, -0.05) is 24.3 Å². The summed E-state index contributed by atoms with van der Waals surface area (Å²) in [6, 6.07) is 10.1. The first-order chi connectivity index (χ1) is 8.75. The fraction of sp³-hybridized carbons (Fsp3) is 0.133. The van der Waals surface area contributed by atoms with Crippen LogP contribution in [-0.2, 0) is 0 Å². The molecule has 0 saturated carbocycles. The summed E-state index contributed by atoms with van der Waals surface area (Å²) in [5.41, 5.74) is 5.96. The zero-order valence-corrected chi connectivity index (χ0v) is 10.4. The normalized spacial score (nSPS) is 10.8. The molecule has 1 aromatic carbocycles. The molecule has 88 valence electrons. The van der Waals surface area contributed by atoms with Gasteiger partial charge in [0.25, 0.3) is 0 Å². The summed E-state index contributed by atoms with van der Waals surface area (Å²) in [7, 11) is 0. The first kappa shape index (κ1) is 10.8. The number of rotatable bonds is 1. The van der Waals surface area contributed by atoms with Crippen molar-refractivity contribution in [2.45, 2.75) is 13.8 Å². The van der Waals surface area contributed by atoms with Gasteiger partial charge >= 0.3 is 0 Å². The molecule has 0 spiro atoms. The van der Waals surface area contributed by atoms with Gasteiger partial charge < -0.3 is 0 Å². The SMILES string of the molecule is Cc1ccccc1-c1nc2ccncc2nc1C. The second-order valence-corrected chi connectivity index (χ2v) is 4.34. The molecule has 0 bridgehead atoms. The molecule has 0 aliphatic carbocycles. The smallest absolute Gasteiger partial charge is 0.107 e. The molecular weight excluding hydrogens is 222 g/mol. The Bertz CT molecular complexity index is 720. The molecule has 0 aliphatic heterocycles. The highest BCUT2D eigenvalue weighted by molar-refractivity contribution is 5.78. The Morgan fingerprint density at radius 2 is 1.72 bits per heavy atom. The lowest BCUT2D eigenvalue weighted by Gasteiger charge is -2.08. The molecule has 3 aromatic rings. The first-order valence-corrected chi connectivity index (χ1v) is 5.90. The van der Waals surface area contributed by atoms with Crippen molar-refractivity contribution < 1.29 is 0 Å². The van der Waals surface area contributed by atoms with Crippen LogP contribution >= 0.6 is 0 Å². The van der Waals surface area contributed by atoms with Crippen LogP contribution in [0.4, 0.5) is 0 Å². The third-order valence-corrected chi connectivity index (χ3v) is 3.04. The van der Waals surface area contributed by atoms with Crippen molar-refractivity contribution in [1.29, 1.82) is 0 Å². The van der Waals surface area contributed by atoms with Crippen LogP contribution < -0.4 is 0 Å². The number of pyridine rings is 1. The van der Waals surface area contributed by atoms with E-state index in [0.717, 1.165) is 28.0 Å². The zero-order valence-electron chi connectivity index (χ0n) is 10.4. The van der Waals surface area contributed by atoms with Crippen LogP contribution in [0.5, 0.6) is 0 Å². The molecular formula is C15H13N3. The topological polar surface area (TPSA) is 38.7 Å². The zero-order chi connectivity index (χ0) is 12.5. The molecule has 2 heterocycles. The van der Waals surface area contributed by atoms with E-state index in [1.807, 2.05) is 25.1 Å². The monoisotopic (exact) mass is 235 g/mol. The average Bonchev–Trinajstić information content (AvgIpc) is 2.39. The molecule has 3 rings (SSSR count). The van der Waals surface area contributed by atoms with Crippen LogP contribution in [-0.4, -0.2) is 15.0 Å². The molecule has 0 N–H and O–H groups in total. The highest BCUT2D eigenvalue weighted by Gasteiger charge is 2.09. The Labute approximate surface area is 106 Å². The van der Waals surface area contributed by atoms with E-state index in [-0.39, 0.29) is 0 Å². The van der Waals surface area contributed by atoms with Crippen molar-refractivity contribution in [3.05, 3.63) is 54.0 Å². The third-order valence-electron chi connectivity index (χ3n) is 3.04. The second-order valence-electron chi connectivity index (χ2n) is 4.34. The lowest BCUT2D eigenvalue weighted by Crippen LogP contribution is -1.96. The molecule has 3 nitrogen and oxygen atoms in total. The fourth-order valence-corrected chi connectivity index (χ4v) is 2.09. The van der Waals surface area contributed by atoms with Crippen LogP contribution in [0.2, 0.25) is 0 Å². The van der Waals surface area contributed by atoms with Gasteiger partial charge in [-0.25, -0.2) is 9.97 Å².